The van der Waals surface area contributed by atoms with E-state index in [-0.39, 0.29) is 0 Å². The van der Waals surface area contributed by atoms with Crippen LogP contribution >= 0.6 is 0 Å². The summed E-state index contributed by atoms with van der Waals surface area (Å²) in [7, 11) is 0. The maximum atomic E-state index is 5.11. The molecule has 2 aromatic heterocycles. The van der Waals surface area contributed by atoms with E-state index in [4.69, 9.17) is 15.0 Å². The highest BCUT2D eigenvalue weighted by Gasteiger charge is 2.29. The lowest BCUT2D eigenvalue weighted by Crippen LogP contribution is -2.11. The molecule has 5 nitrogen and oxygen atoms in total. The summed E-state index contributed by atoms with van der Waals surface area (Å²) >= 11 is 0. The van der Waals surface area contributed by atoms with Crippen molar-refractivity contribution in [3.63, 3.8) is 0 Å². The molecule has 8 aromatic rings. The fraction of sp³-hybridized carbons (Fsp3) is 0. The molecule has 9 rings (SSSR count). The van der Waals surface area contributed by atoms with Gasteiger partial charge in [0.2, 0.25) is 5.95 Å². The van der Waals surface area contributed by atoms with E-state index in [2.05, 4.69) is 125 Å². The number of benzene rings is 6. The molecule has 0 radical (unpaired) electrons. The minimum absolute atomic E-state index is 0.558. The lowest BCUT2D eigenvalue weighted by atomic mass is 9.97. The van der Waals surface area contributed by atoms with E-state index in [1.165, 1.54) is 5.56 Å². The van der Waals surface area contributed by atoms with Gasteiger partial charge in [0.15, 0.2) is 11.6 Å². The number of hydrogen-bond acceptors (Lipinski definition) is 4. The molecule has 0 amide bonds. The van der Waals surface area contributed by atoms with Gasteiger partial charge in [-0.2, -0.15) is 9.97 Å². The summed E-state index contributed by atoms with van der Waals surface area (Å²) in [6.45, 7) is 0. The Labute approximate surface area is 279 Å². The third-order valence-corrected chi connectivity index (χ3v) is 8.84. The normalized spacial score (nSPS) is 11.7. The van der Waals surface area contributed by atoms with E-state index in [0.717, 1.165) is 56.1 Å². The maximum Gasteiger partial charge on any atom is 0.238 e. The Hall–Kier alpha value is -6.59. The van der Waals surface area contributed by atoms with Crippen LogP contribution in [0, 0.1) is 0 Å². The summed E-state index contributed by atoms with van der Waals surface area (Å²) in [5, 5.41) is 0. The van der Waals surface area contributed by atoms with Gasteiger partial charge < -0.3 is 4.90 Å². The molecular formula is C43H29N5. The first-order valence-electron chi connectivity index (χ1n) is 16.0. The predicted molar refractivity (Wildman–Crippen MR) is 195 cm³/mol. The fourth-order valence-electron chi connectivity index (χ4n) is 6.63. The summed E-state index contributed by atoms with van der Waals surface area (Å²) < 4.78 is 2.12. The first-order chi connectivity index (χ1) is 23.8. The van der Waals surface area contributed by atoms with Gasteiger partial charge in [0.25, 0.3) is 0 Å². The first-order valence-corrected chi connectivity index (χ1v) is 16.0. The molecule has 6 aromatic carbocycles. The van der Waals surface area contributed by atoms with Gasteiger partial charge in [-0.3, -0.25) is 4.57 Å². The van der Waals surface area contributed by atoms with Gasteiger partial charge in [-0.05, 0) is 41.0 Å². The number of hydrogen-bond donors (Lipinski definition) is 0. The van der Waals surface area contributed by atoms with Crippen LogP contribution in [0.5, 0.6) is 0 Å². The van der Waals surface area contributed by atoms with Gasteiger partial charge in [-0.15, -0.1) is 0 Å². The molecule has 0 saturated heterocycles. The fourth-order valence-corrected chi connectivity index (χ4v) is 6.63. The van der Waals surface area contributed by atoms with Gasteiger partial charge in [0.05, 0.1) is 17.1 Å². The van der Waals surface area contributed by atoms with Crippen molar-refractivity contribution in [2.75, 3.05) is 4.90 Å². The number of aromatic nitrogens is 4. The monoisotopic (exact) mass is 615 g/mol. The van der Waals surface area contributed by atoms with Crippen molar-refractivity contribution in [3.05, 3.63) is 176 Å². The number of fused-ring (bicyclic) bond motifs is 5. The van der Waals surface area contributed by atoms with Crippen molar-refractivity contribution < 1.29 is 0 Å². The second-order valence-corrected chi connectivity index (χ2v) is 11.7. The van der Waals surface area contributed by atoms with Crippen molar-refractivity contribution in [3.8, 4) is 62.2 Å². The van der Waals surface area contributed by atoms with Crippen LogP contribution in [0.1, 0.15) is 0 Å². The number of nitrogens with zero attached hydrogens (tertiary/aromatic N) is 5. The van der Waals surface area contributed by atoms with E-state index >= 15 is 0 Å². The lowest BCUT2D eigenvalue weighted by Gasteiger charge is -2.26. The zero-order valence-electron chi connectivity index (χ0n) is 26.0. The third kappa shape index (κ3) is 4.77. The smallest absolute Gasteiger partial charge is 0.238 e. The summed E-state index contributed by atoms with van der Waals surface area (Å²) in [6.07, 6.45) is 2.09. The number of para-hydroxylation sites is 1. The Morgan fingerprint density at radius 3 is 1.58 bits per heavy atom. The Bertz CT molecular complexity index is 2340. The van der Waals surface area contributed by atoms with Gasteiger partial charge in [-0.1, -0.05) is 146 Å². The standard InChI is InChI=1S/C43H29N5/c1-4-15-30(16-5-1)33-21-14-22-34(29-33)48-38-26-13-12-24-36(38)35-23-10-11-25-37(35)40-39(48)27-28-47(40)43-45-41(31-17-6-2-7-18-31)44-42(46-43)32-19-8-3-9-20-32/h1-29H. The number of anilines is 3. The summed E-state index contributed by atoms with van der Waals surface area (Å²) in [5.41, 5.74) is 11.8. The Morgan fingerprint density at radius 2 is 0.917 bits per heavy atom. The molecule has 5 heteroatoms. The van der Waals surface area contributed by atoms with Crippen LogP contribution < -0.4 is 4.90 Å². The minimum atomic E-state index is 0.558. The van der Waals surface area contributed by atoms with Gasteiger partial charge in [-0.25, -0.2) is 4.98 Å². The van der Waals surface area contributed by atoms with Crippen LogP contribution in [-0.2, 0) is 0 Å². The molecule has 1 aliphatic rings. The van der Waals surface area contributed by atoms with Crippen molar-refractivity contribution in [2.45, 2.75) is 0 Å². The second kappa shape index (κ2) is 11.6. The lowest BCUT2D eigenvalue weighted by molar-refractivity contribution is 0.917. The number of rotatable bonds is 5. The van der Waals surface area contributed by atoms with Crippen LogP contribution in [0.4, 0.5) is 17.1 Å². The van der Waals surface area contributed by atoms with E-state index in [0.29, 0.717) is 17.6 Å². The molecule has 1 aliphatic heterocycles. The zero-order chi connectivity index (χ0) is 31.9. The van der Waals surface area contributed by atoms with Crippen LogP contribution in [0.2, 0.25) is 0 Å². The SMILES string of the molecule is c1ccc(-c2cccc(N3c4ccccc4-c4ccccc4-c4c3ccn4-c3nc(-c4ccccc4)nc(-c4ccccc4)n3)c2)cc1. The van der Waals surface area contributed by atoms with Crippen molar-refractivity contribution in [1.82, 2.24) is 19.5 Å². The van der Waals surface area contributed by atoms with Gasteiger partial charge >= 0.3 is 0 Å². The van der Waals surface area contributed by atoms with E-state index < -0.39 is 0 Å². The molecule has 0 N–H and O–H groups in total. The minimum Gasteiger partial charge on any atom is -0.308 e. The summed E-state index contributed by atoms with van der Waals surface area (Å²) in [6, 6.07) is 58.9. The third-order valence-electron chi connectivity index (χ3n) is 8.84. The molecule has 0 aliphatic carbocycles. The predicted octanol–water partition coefficient (Wildman–Crippen LogP) is 10.8. The summed E-state index contributed by atoms with van der Waals surface area (Å²) in [4.78, 5) is 17.5. The van der Waals surface area contributed by atoms with Crippen LogP contribution in [0.25, 0.3) is 62.2 Å². The largest absolute Gasteiger partial charge is 0.308 e. The van der Waals surface area contributed by atoms with Crippen molar-refractivity contribution >= 4 is 17.1 Å². The van der Waals surface area contributed by atoms with Crippen LogP contribution in [0.15, 0.2) is 176 Å². The van der Waals surface area contributed by atoms with E-state index in [1.54, 1.807) is 0 Å². The van der Waals surface area contributed by atoms with Crippen LogP contribution in [-0.4, -0.2) is 19.5 Å². The highest BCUT2D eigenvalue weighted by Crippen LogP contribution is 2.51. The maximum absolute atomic E-state index is 5.11. The molecule has 0 saturated carbocycles. The molecule has 3 heterocycles. The Kier molecular flexibility index (Phi) is 6.72. The van der Waals surface area contributed by atoms with E-state index in [1.807, 2.05) is 60.7 Å². The molecule has 0 fully saturated rings. The molecular weight excluding hydrogens is 587 g/mol. The quantitative estimate of drug-likeness (QED) is 0.193. The molecule has 0 unspecified atom stereocenters. The average Bonchev–Trinajstić information content (AvgIpc) is 3.56. The molecule has 48 heavy (non-hydrogen) atoms. The van der Waals surface area contributed by atoms with Crippen molar-refractivity contribution in [1.29, 1.82) is 0 Å². The van der Waals surface area contributed by atoms with Crippen molar-refractivity contribution in [2.24, 2.45) is 0 Å². The molecule has 0 bridgehead atoms. The molecule has 0 atom stereocenters. The van der Waals surface area contributed by atoms with Gasteiger partial charge in [0, 0.05) is 34.1 Å². The van der Waals surface area contributed by atoms with Crippen LogP contribution in [0.3, 0.4) is 0 Å². The second-order valence-electron chi connectivity index (χ2n) is 11.7. The molecule has 0 spiro atoms. The zero-order valence-corrected chi connectivity index (χ0v) is 26.0. The highest BCUT2D eigenvalue weighted by molar-refractivity contribution is 6.02. The Balaban J connectivity index is 1.31. The summed E-state index contributed by atoms with van der Waals surface area (Å²) in [5.74, 6) is 1.81. The Morgan fingerprint density at radius 1 is 0.375 bits per heavy atom. The average molecular weight is 616 g/mol. The topological polar surface area (TPSA) is 46.8 Å². The van der Waals surface area contributed by atoms with Gasteiger partial charge in [0.1, 0.15) is 0 Å². The van der Waals surface area contributed by atoms with E-state index in [9.17, 15) is 0 Å². The highest BCUT2D eigenvalue weighted by atomic mass is 15.2. The first kappa shape index (κ1) is 27.7. The molecule has 226 valence electrons.